The van der Waals surface area contributed by atoms with Gasteiger partial charge in [-0.1, -0.05) is 19.8 Å². The first-order valence-electron chi connectivity index (χ1n) is 6.65. The van der Waals surface area contributed by atoms with Crippen LogP contribution in [0.1, 0.15) is 38.2 Å². The minimum absolute atomic E-state index is 0.247. The third-order valence-electron chi connectivity index (χ3n) is 4.53. The molecule has 0 bridgehead atoms. The van der Waals surface area contributed by atoms with Crippen molar-refractivity contribution < 1.29 is 0 Å². The van der Waals surface area contributed by atoms with E-state index in [1.54, 1.807) is 11.3 Å². The van der Waals surface area contributed by atoms with Crippen LogP contribution in [0.2, 0.25) is 0 Å². The molecule has 1 fully saturated rings. The Balaban J connectivity index is 2.11. The standard InChI is InChI=1S/C14H24N2S/c1-3-13-5-4-7-14(13,11-15)16(2)9-12-6-8-17-10-12/h6,8,10,13H,3-5,7,9,11,15H2,1-2H3. The molecule has 0 saturated heterocycles. The Morgan fingerprint density at radius 3 is 3.00 bits per heavy atom. The van der Waals surface area contributed by atoms with E-state index in [-0.39, 0.29) is 5.54 Å². The van der Waals surface area contributed by atoms with Crippen molar-refractivity contribution in [2.24, 2.45) is 11.7 Å². The normalized spacial score (nSPS) is 29.1. The van der Waals surface area contributed by atoms with Gasteiger partial charge in [-0.15, -0.1) is 0 Å². The predicted molar refractivity (Wildman–Crippen MR) is 75.2 cm³/mol. The highest BCUT2D eigenvalue weighted by atomic mass is 32.1. The van der Waals surface area contributed by atoms with Gasteiger partial charge in [0.15, 0.2) is 0 Å². The van der Waals surface area contributed by atoms with Crippen LogP contribution in [0.15, 0.2) is 16.8 Å². The van der Waals surface area contributed by atoms with E-state index in [9.17, 15) is 0 Å². The lowest BCUT2D eigenvalue weighted by molar-refractivity contribution is 0.0748. The number of nitrogens with two attached hydrogens (primary N) is 1. The summed E-state index contributed by atoms with van der Waals surface area (Å²) in [5, 5.41) is 4.40. The maximum absolute atomic E-state index is 6.13. The van der Waals surface area contributed by atoms with Crippen molar-refractivity contribution >= 4 is 11.3 Å². The van der Waals surface area contributed by atoms with Gasteiger partial charge in [-0.3, -0.25) is 4.90 Å². The molecule has 2 atom stereocenters. The smallest absolute Gasteiger partial charge is 0.0360 e. The molecule has 0 radical (unpaired) electrons. The average molecular weight is 252 g/mol. The number of thiophene rings is 1. The van der Waals surface area contributed by atoms with Crippen molar-refractivity contribution in [1.29, 1.82) is 0 Å². The van der Waals surface area contributed by atoms with E-state index in [4.69, 9.17) is 5.73 Å². The van der Waals surface area contributed by atoms with Crippen LogP contribution in [0.5, 0.6) is 0 Å². The van der Waals surface area contributed by atoms with Crippen LogP contribution >= 0.6 is 11.3 Å². The van der Waals surface area contributed by atoms with Crippen molar-refractivity contribution in [3.63, 3.8) is 0 Å². The van der Waals surface area contributed by atoms with Gasteiger partial charge in [-0.2, -0.15) is 11.3 Å². The third kappa shape index (κ3) is 2.42. The highest BCUT2D eigenvalue weighted by Gasteiger charge is 2.43. The minimum Gasteiger partial charge on any atom is -0.329 e. The highest BCUT2D eigenvalue weighted by molar-refractivity contribution is 7.07. The summed E-state index contributed by atoms with van der Waals surface area (Å²) >= 11 is 1.78. The monoisotopic (exact) mass is 252 g/mol. The van der Waals surface area contributed by atoms with Crippen LogP contribution in [-0.2, 0) is 6.54 Å². The molecule has 2 unspecified atom stereocenters. The van der Waals surface area contributed by atoms with Crippen molar-refractivity contribution in [2.75, 3.05) is 13.6 Å². The van der Waals surface area contributed by atoms with E-state index in [0.29, 0.717) is 0 Å². The fourth-order valence-electron chi connectivity index (χ4n) is 3.45. The summed E-state index contributed by atoms with van der Waals surface area (Å²) in [6.07, 6.45) is 5.21. The van der Waals surface area contributed by atoms with E-state index < -0.39 is 0 Å². The van der Waals surface area contributed by atoms with E-state index in [1.807, 2.05) is 0 Å². The number of hydrogen-bond acceptors (Lipinski definition) is 3. The molecule has 2 nitrogen and oxygen atoms in total. The van der Waals surface area contributed by atoms with Crippen molar-refractivity contribution in [1.82, 2.24) is 4.90 Å². The zero-order valence-corrected chi connectivity index (χ0v) is 11.8. The zero-order chi connectivity index (χ0) is 12.3. The number of nitrogens with zero attached hydrogens (tertiary/aromatic N) is 1. The molecule has 0 spiro atoms. The Labute approximate surface area is 109 Å². The van der Waals surface area contributed by atoms with Crippen molar-refractivity contribution in [3.05, 3.63) is 22.4 Å². The Hall–Kier alpha value is -0.380. The van der Waals surface area contributed by atoms with Crippen LogP contribution in [0.4, 0.5) is 0 Å². The van der Waals surface area contributed by atoms with Gasteiger partial charge in [-0.25, -0.2) is 0 Å². The largest absolute Gasteiger partial charge is 0.329 e. The van der Waals surface area contributed by atoms with Gasteiger partial charge in [0.1, 0.15) is 0 Å². The second-order valence-corrected chi connectivity index (χ2v) is 6.07. The molecule has 1 saturated carbocycles. The van der Waals surface area contributed by atoms with Gasteiger partial charge in [0.2, 0.25) is 0 Å². The third-order valence-corrected chi connectivity index (χ3v) is 5.26. The molecule has 1 aliphatic carbocycles. The molecule has 1 aromatic rings. The summed E-state index contributed by atoms with van der Waals surface area (Å²) in [5.41, 5.74) is 7.80. The summed E-state index contributed by atoms with van der Waals surface area (Å²) in [6, 6.07) is 2.22. The maximum Gasteiger partial charge on any atom is 0.0360 e. The van der Waals surface area contributed by atoms with Crippen LogP contribution < -0.4 is 5.73 Å². The van der Waals surface area contributed by atoms with Gasteiger partial charge < -0.3 is 5.73 Å². The van der Waals surface area contributed by atoms with Crippen LogP contribution in [-0.4, -0.2) is 24.0 Å². The second kappa shape index (κ2) is 5.51. The van der Waals surface area contributed by atoms with Gasteiger partial charge in [0, 0.05) is 18.6 Å². The van der Waals surface area contributed by atoms with Gasteiger partial charge >= 0.3 is 0 Å². The van der Waals surface area contributed by atoms with E-state index in [2.05, 4.69) is 35.7 Å². The molecule has 0 aliphatic heterocycles. The lowest BCUT2D eigenvalue weighted by Gasteiger charge is -2.42. The molecule has 2 rings (SSSR count). The summed E-state index contributed by atoms with van der Waals surface area (Å²) in [4.78, 5) is 2.51. The molecular formula is C14H24N2S. The first kappa shape index (κ1) is 13.1. The number of hydrogen-bond donors (Lipinski definition) is 1. The summed E-state index contributed by atoms with van der Waals surface area (Å²) in [5.74, 6) is 0.774. The highest BCUT2D eigenvalue weighted by Crippen LogP contribution is 2.41. The van der Waals surface area contributed by atoms with Gasteiger partial charge in [-0.05, 0) is 48.2 Å². The SMILES string of the molecule is CCC1CCCC1(CN)N(C)Cc1ccsc1. The van der Waals surface area contributed by atoms with Crippen LogP contribution in [0.25, 0.3) is 0 Å². The quantitative estimate of drug-likeness (QED) is 0.872. The first-order chi connectivity index (χ1) is 8.23. The molecule has 3 heteroatoms. The van der Waals surface area contributed by atoms with Crippen LogP contribution in [0.3, 0.4) is 0 Å². The average Bonchev–Trinajstić information content (AvgIpc) is 2.96. The second-order valence-electron chi connectivity index (χ2n) is 5.29. The van der Waals surface area contributed by atoms with Gasteiger partial charge in [0.05, 0.1) is 0 Å². The van der Waals surface area contributed by atoms with E-state index >= 15 is 0 Å². The summed E-state index contributed by atoms with van der Waals surface area (Å²) < 4.78 is 0. The number of rotatable bonds is 5. The van der Waals surface area contributed by atoms with Gasteiger partial charge in [0.25, 0.3) is 0 Å². The zero-order valence-electron chi connectivity index (χ0n) is 11.0. The number of likely N-dealkylation sites (N-methyl/N-ethyl adjacent to an activating group) is 1. The van der Waals surface area contributed by atoms with Crippen LogP contribution in [0, 0.1) is 5.92 Å². The lowest BCUT2D eigenvalue weighted by Crippen LogP contribution is -2.54. The molecule has 1 heterocycles. The molecule has 0 amide bonds. The van der Waals surface area contributed by atoms with Crippen molar-refractivity contribution in [2.45, 2.75) is 44.7 Å². The predicted octanol–water partition coefficient (Wildman–Crippen LogP) is 3.09. The fraction of sp³-hybridized carbons (Fsp3) is 0.714. The minimum atomic E-state index is 0.247. The topological polar surface area (TPSA) is 29.3 Å². The van der Waals surface area contributed by atoms with Crippen molar-refractivity contribution in [3.8, 4) is 0 Å². The lowest BCUT2D eigenvalue weighted by atomic mass is 9.83. The first-order valence-corrected chi connectivity index (χ1v) is 7.59. The molecule has 2 N–H and O–H groups in total. The molecule has 1 aliphatic rings. The summed E-state index contributed by atoms with van der Waals surface area (Å²) in [6.45, 7) is 4.14. The molecule has 17 heavy (non-hydrogen) atoms. The summed E-state index contributed by atoms with van der Waals surface area (Å²) in [7, 11) is 2.25. The maximum atomic E-state index is 6.13. The van der Waals surface area contributed by atoms with E-state index in [1.165, 1.54) is 31.2 Å². The Bertz CT molecular complexity index is 336. The Morgan fingerprint density at radius 2 is 2.41 bits per heavy atom. The molecule has 0 aromatic carbocycles. The Kier molecular flexibility index (Phi) is 4.23. The Morgan fingerprint density at radius 1 is 1.59 bits per heavy atom. The molecular weight excluding hydrogens is 228 g/mol. The fourth-order valence-corrected chi connectivity index (χ4v) is 4.11. The van der Waals surface area contributed by atoms with E-state index in [0.717, 1.165) is 19.0 Å². The molecule has 1 aromatic heterocycles. The molecule has 96 valence electrons.